The zero-order valence-electron chi connectivity index (χ0n) is 14.1. The summed E-state index contributed by atoms with van der Waals surface area (Å²) >= 11 is 0. The Bertz CT molecular complexity index is 837. The number of benzene rings is 1. The van der Waals surface area contributed by atoms with Gasteiger partial charge in [-0.05, 0) is 38.1 Å². The minimum atomic E-state index is -0.249. The molecule has 3 rings (SSSR count). The van der Waals surface area contributed by atoms with Crippen LogP contribution < -0.4 is 4.90 Å². The molecule has 2 aromatic rings. The van der Waals surface area contributed by atoms with E-state index in [-0.39, 0.29) is 30.1 Å². The minimum Gasteiger partial charge on any atom is -0.325 e. The van der Waals surface area contributed by atoms with E-state index in [0.29, 0.717) is 12.1 Å². The zero-order valence-corrected chi connectivity index (χ0v) is 14.1. The van der Waals surface area contributed by atoms with Gasteiger partial charge in [-0.2, -0.15) is 5.26 Å². The molecule has 0 radical (unpaired) electrons. The first-order valence-corrected chi connectivity index (χ1v) is 8.04. The molecule has 0 N–H and O–H groups in total. The average Bonchev–Trinajstić information content (AvgIpc) is 2.63. The number of aromatic nitrogens is 1. The standard InChI is InChI=1S/C19H18N4O2/c1-13-3-7-17(8-4-13)23-11-14(2)22(12-18(23)24)19(25)15-5-6-16(9-20)21-10-15/h3-8,10,14H,11-12H2,1-2H3/t14-/m0/s1. The first-order valence-electron chi connectivity index (χ1n) is 8.04. The van der Waals surface area contributed by atoms with Crippen molar-refractivity contribution in [2.75, 3.05) is 18.0 Å². The Labute approximate surface area is 146 Å². The van der Waals surface area contributed by atoms with Crippen molar-refractivity contribution in [2.24, 2.45) is 0 Å². The second-order valence-electron chi connectivity index (χ2n) is 6.17. The molecule has 126 valence electrons. The summed E-state index contributed by atoms with van der Waals surface area (Å²) in [6.07, 6.45) is 1.38. The molecule has 6 heteroatoms. The summed E-state index contributed by atoms with van der Waals surface area (Å²) in [5, 5.41) is 8.79. The third-order valence-corrected chi connectivity index (χ3v) is 4.32. The maximum absolute atomic E-state index is 12.7. The first-order chi connectivity index (χ1) is 12.0. The zero-order chi connectivity index (χ0) is 18.0. The number of piperazine rings is 1. The van der Waals surface area contributed by atoms with Crippen molar-refractivity contribution in [1.29, 1.82) is 5.26 Å². The molecule has 1 fully saturated rings. The summed E-state index contributed by atoms with van der Waals surface area (Å²) in [6, 6.07) is 12.6. The number of carbonyl (C=O) groups excluding carboxylic acids is 2. The number of anilines is 1. The van der Waals surface area contributed by atoms with Crippen LogP contribution in [-0.2, 0) is 4.79 Å². The molecule has 1 aliphatic rings. The van der Waals surface area contributed by atoms with Crippen LogP contribution in [0.4, 0.5) is 5.69 Å². The second-order valence-corrected chi connectivity index (χ2v) is 6.17. The van der Waals surface area contributed by atoms with Gasteiger partial charge in [0.25, 0.3) is 5.91 Å². The average molecular weight is 334 g/mol. The maximum Gasteiger partial charge on any atom is 0.256 e. The summed E-state index contributed by atoms with van der Waals surface area (Å²) in [6.45, 7) is 4.38. The maximum atomic E-state index is 12.7. The number of hydrogen-bond donors (Lipinski definition) is 0. The minimum absolute atomic E-state index is 0.0217. The van der Waals surface area contributed by atoms with Gasteiger partial charge in [0.2, 0.25) is 5.91 Å². The van der Waals surface area contributed by atoms with Gasteiger partial charge in [0.1, 0.15) is 18.3 Å². The monoisotopic (exact) mass is 334 g/mol. The lowest BCUT2D eigenvalue weighted by Gasteiger charge is -2.39. The van der Waals surface area contributed by atoms with Gasteiger partial charge in [-0.1, -0.05) is 17.7 Å². The van der Waals surface area contributed by atoms with E-state index in [4.69, 9.17) is 5.26 Å². The lowest BCUT2D eigenvalue weighted by atomic mass is 10.1. The number of pyridine rings is 1. The van der Waals surface area contributed by atoms with Gasteiger partial charge >= 0.3 is 0 Å². The van der Waals surface area contributed by atoms with Gasteiger partial charge in [-0.25, -0.2) is 4.98 Å². The molecule has 0 unspecified atom stereocenters. The number of nitrogens with zero attached hydrogens (tertiary/aromatic N) is 4. The van der Waals surface area contributed by atoms with Gasteiger partial charge in [0.05, 0.1) is 5.56 Å². The van der Waals surface area contributed by atoms with Crippen molar-refractivity contribution >= 4 is 17.5 Å². The van der Waals surface area contributed by atoms with Crippen molar-refractivity contribution in [1.82, 2.24) is 9.88 Å². The lowest BCUT2D eigenvalue weighted by Crippen LogP contribution is -2.57. The highest BCUT2D eigenvalue weighted by atomic mass is 16.2. The van der Waals surface area contributed by atoms with Crippen LogP contribution in [0.15, 0.2) is 42.6 Å². The normalized spacial score (nSPS) is 17.3. The largest absolute Gasteiger partial charge is 0.325 e. The van der Waals surface area contributed by atoms with Gasteiger partial charge in [0, 0.05) is 24.5 Å². The highest BCUT2D eigenvalue weighted by Gasteiger charge is 2.33. The van der Waals surface area contributed by atoms with E-state index >= 15 is 0 Å². The molecule has 1 aliphatic heterocycles. The number of aryl methyl sites for hydroxylation is 1. The number of carbonyl (C=O) groups is 2. The van der Waals surface area contributed by atoms with Crippen molar-refractivity contribution in [3.63, 3.8) is 0 Å². The van der Waals surface area contributed by atoms with E-state index in [2.05, 4.69) is 4.98 Å². The van der Waals surface area contributed by atoms with Gasteiger partial charge in [-0.3, -0.25) is 9.59 Å². The Morgan fingerprint density at radius 3 is 2.56 bits per heavy atom. The summed E-state index contributed by atoms with van der Waals surface area (Å²) in [5.74, 6) is -0.363. The molecule has 1 aromatic heterocycles. The summed E-state index contributed by atoms with van der Waals surface area (Å²) < 4.78 is 0. The fraction of sp³-hybridized carbons (Fsp3) is 0.263. The smallest absolute Gasteiger partial charge is 0.256 e. The van der Waals surface area contributed by atoms with Gasteiger partial charge < -0.3 is 9.80 Å². The van der Waals surface area contributed by atoms with Crippen LogP contribution in [-0.4, -0.2) is 40.8 Å². The van der Waals surface area contributed by atoms with E-state index in [1.165, 1.54) is 12.3 Å². The lowest BCUT2D eigenvalue weighted by molar-refractivity contribution is -0.121. The van der Waals surface area contributed by atoms with Crippen LogP contribution in [0, 0.1) is 18.3 Å². The predicted molar refractivity (Wildman–Crippen MR) is 93.0 cm³/mol. The van der Waals surface area contributed by atoms with E-state index in [1.807, 2.05) is 44.2 Å². The molecular weight excluding hydrogens is 316 g/mol. The Morgan fingerprint density at radius 1 is 1.24 bits per heavy atom. The van der Waals surface area contributed by atoms with Crippen LogP contribution in [0.25, 0.3) is 0 Å². The van der Waals surface area contributed by atoms with E-state index < -0.39 is 0 Å². The molecule has 2 amide bonds. The third-order valence-electron chi connectivity index (χ3n) is 4.32. The molecule has 1 saturated heterocycles. The van der Waals surface area contributed by atoms with Crippen LogP contribution in [0.5, 0.6) is 0 Å². The van der Waals surface area contributed by atoms with Crippen LogP contribution in [0.3, 0.4) is 0 Å². The fourth-order valence-electron chi connectivity index (χ4n) is 2.85. The Morgan fingerprint density at radius 2 is 1.96 bits per heavy atom. The SMILES string of the molecule is Cc1ccc(N2C[C@H](C)N(C(=O)c3ccc(C#N)nc3)CC2=O)cc1. The van der Waals surface area contributed by atoms with Crippen molar-refractivity contribution in [3.05, 3.63) is 59.4 Å². The van der Waals surface area contributed by atoms with E-state index in [9.17, 15) is 9.59 Å². The molecule has 1 atom stereocenters. The molecular formula is C19H18N4O2. The predicted octanol–water partition coefficient (Wildman–Crippen LogP) is 2.14. The van der Waals surface area contributed by atoms with Crippen molar-refractivity contribution in [2.45, 2.75) is 19.9 Å². The number of hydrogen-bond acceptors (Lipinski definition) is 4. The quantitative estimate of drug-likeness (QED) is 0.843. The highest BCUT2D eigenvalue weighted by molar-refractivity contribution is 6.01. The topological polar surface area (TPSA) is 77.3 Å². The Balaban J connectivity index is 1.77. The van der Waals surface area contributed by atoms with Crippen molar-refractivity contribution in [3.8, 4) is 6.07 Å². The highest BCUT2D eigenvalue weighted by Crippen LogP contribution is 2.22. The van der Waals surface area contributed by atoms with Crippen molar-refractivity contribution < 1.29 is 9.59 Å². The molecule has 1 aromatic carbocycles. The summed E-state index contributed by atoms with van der Waals surface area (Å²) in [5.41, 5.74) is 2.60. The van der Waals surface area contributed by atoms with Crippen LogP contribution in [0.2, 0.25) is 0 Å². The second kappa shape index (κ2) is 6.73. The molecule has 25 heavy (non-hydrogen) atoms. The Kier molecular flexibility index (Phi) is 4.48. The first kappa shape index (κ1) is 16.7. The third kappa shape index (κ3) is 3.36. The molecule has 6 nitrogen and oxygen atoms in total. The molecule has 2 heterocycles. The molecule has 0 aliphatic carbocycles. The molecule has 0 saturated carbocycles. The fourth-order valence-corrected chi connectivity index (χ4v) is 2.85. The Hall–Kier alpha value is -3.20. The van der Waals surface area contributed by atoms with E-state index in [1.54, 1.807) is 15.9 Å². The van der Waals surface area contributed by atoms with Crippen LogP contribution in [0.1, 0.15) is 28.5 Å². The summed E-state index contributed by atoms with van der Waals surface area (Å²) in [4.78, 5) is 32.4. The van der Waals surface area contributed by atoms with E-state index in [0.717, 1.165) is 11.3 Å². The summed E-state index contributed by atoms with van der Waals surface area (Å²) in [7, 11) is 0. The van der Waals surface area contributed by atoms with Gasteiger partial charge in [-0.15, -0.1) is 0 Å². The molecule has 0 spiro atoms. The van der Waals surface area contributed by atoms with Crippen LogP contribution >= 0.6 is 0 Å². The number of nitriles is 1. The van der Waals surface area contributed by atoms with Gasteiger partial charge in [0.15, 0.2) is 0 Å². The number of rotatable bonds is 2. The molecule has 0 bridgehead atoms. The number of amides is 2.